The van der Waals surface area contributed by atoms with Crippen LogP contribution in [0.2, 0.25) is 0 Å². The van der Waals surface area contributed by atoms with E-state index in [9.17, 15) is 4.79 Å². The first-order valence-corrected chi connectivity index (χ1v) is 7.65. The number of carbonyl (C=O) groups is 1. The van der Waals surface area contributed by atoms with Crippen molar-refractivity contribution >= 4 is 5.91 Å². The molecular formula is C17H22N4O. The van der Waals surface area contributed by atoms with Gasteiger partial charge in [-0.05, 0) is 31.9 Å². The van der Waals surface area contributed by atoms with Crippen LogP contribution in [0.5, 0.6) is 0 Å². The lowest BCUT2D eigenvalue weighted by molar-refractivity contribution is -0.138. The SMILES string of the molecule is Cc1cc(C)n(C2CN(C(=O)[C@@H](N)Cc3ccccc3)C2)n1. The number of amides is 1. The topological polar surface area (TPSA) is 64.2 Å². The monoisotopic (exact) mass is 298 g/mol. The average molecular weight is 298 g/mol. The van der Waals surface area contributed by atoms with Gasteiger partial charge in [-0.1, -0.05) is 30.3 Å². The van der Waals surface area contributed by atoms with Crippen LogP contribution in [0.25, 0.3) is 0 Å². The van der Waals surface area contributed by atoms with Crippen LogP contribution in [0.4, 0.5) is 0 Å². The van der Waals surface area contributed by atoms with Gasteiger partial charge in [0, 0.05) is 18.8 Å². The van der Waals surface area contributed by atoms with E-state index in [2.05, 4.69) is 11.2 Å². The molecule has 1 aliphatic heterocycles. The molecular weight excluding hydrogens is 276 g/mol. The Morgan fingerprint density at radius 2 is 2.00 bits per heavy atom. The molecule has 116 valence electrons. The molecule has 1 saturated heterocycles. The Morgan fingerprint density at radius 1 is 1.32 bits per heavy atom. The van der Waals surface area contributed by atoms with E-state index >= 15 is 0 Å². The van der Waals surface area contributed by atoms with Gasteiger partial charge in [-0.3, -0.25) is 9.48 Å². The molecule has 1 aliphatic rings. The van der Waals surface area contributed by atoms with Gasteiger partial charge >= 0.3 is 0 Å². The van der Waals surface area contributed by atoms with E-state index < -0.39 is 6.04 Å². The van der Waals surface area contributed by atoms with Gasteiger partial charge < -0.3 is 10.6 Å². The maximum Gasteiger partial charge on any atom is 0.239 e. The molecule has 22 heavy (non-hydrogen) atoms. The van der Waals surface area contributed by atoms with Gasteiger partial charge in [0.05, 0.1) is 17.8 Å². The average Bonchev–Trinajstić information content (AvgIpc) is 2.77. The zero-order valence-corrected chi connectivity index (χ0v) is 13.1. The van der Waals surface area contributed by atoms with Crippen molar-refractivity contribution in [2.75, 3.05) is 13.1 Å². The summed E-state index contributed by atoms with van der Waals surface area (Å²) in [6.45, 7) is 5.43. The van der Waals surface area contributed by atoms with E-state index in [4.69, 9.17) is 5.73 Å². The third-order valence-corrected chi connectivity index (χ3v) is 4.18. The quantitative estimate of drug-likeness (QED) is 0.929. The number of rotatable bonds is 4. The largest absolute Gasteiger partial charge is 0.337 e. The summed E-state index contributed by atoms with van der Waals surface area (Å²) in [5.74, 6) is 0.0293. The zero-order chi connectivity index (χ0) is 15.7. The van der Waals surface area contributed by atoms with Crippen LogP contribution in [0.15, 0.2) is 36.4 Å². The highest BCUT2D eigenvalue weighted by molar-refractivity contribution is 5.82. The Balaban J connectivity index is 1.56. The summed E-state index contributed by atoms with van der Waals surface area (Å²) in [6, 6.07) is 11.8. The summed E-state index contributed by atoms with van der Waals surface area (Å²) >= 11 is 0. The van der Waals surface area contributed by atoms with Crippen molar-refractivity contribution in [1.82, 2.24) is 14.7 Å². The van der Waals surface area contributed by atoms with Gasteiger partial charge in [-0.15, -0.1) is 0 Å². The van der Waals surface area contributed by atoms with E-state index in [-0.39, 0.29) is 11.9 Å². The molecule has 5 nitrogen and oxygen atoms in total. The number of aromatic nitrogens is 2. The number of nitrogens with two attached hydrogens (primary N) is 1. The molecule has 2 heterocycles. The van der Waals surface area contributed by atoms with E-state index in [1.54, 1.807) is 0 Å². The standard InChI is InChI=1S/C17H22N4O/c1-12-8-13(2)21(19-12)15-10-20(11-15)17(22)16(18)9-14-6-4-3-5-7-14/h3-8,15-16H,9-11,18H2,1-2H3/t16-/m0/s1. The molecule has 5 heteroatoms. The maximum absolute atomic E-state index is 12.4. The number of likely N-dealkylation sites (tertiary alicyclic amines) is 1. The minimum absolute atomic E-state index is 0.0293. The van der Waals surface area contributed by atoms with Crippen molar-refractivity contribution in [2.45, 2.75) is 32.4 Å². The third-order valence-electron chi connectivity index (χ3n) is 4.18. The highest BCUT2D eigenvalue weighted by atomic mass is 16.2. The summed E-state index contributed by atoms with van der Waals surface area (Å²) in [4.78, 5) is 14.2. The number of hydrogen-bond donors (Lipinski definition) is 1. The van der Waals surface area contributed by atoms with Crippen LogP contribution >= 0.6 is 0 Å². The highest BCUT2D eigenvalue weighted by Gasteiger charge is 2.35. The lowest BCUT2D eigenvalue weighted by atomic mass is 10.0. The van der Waals surface area contributed by atoms with E-state index in [1.165, 1.54) is 0 Å². The van der Waals surface area contributed by atoms with Gasteiger partial charge in [0.25, 0.3) is 0 Å². The van der Waals surface area contributed by atoms with Crippen LogP contribution in [-0.2, 0) is 11.2 Å². The first kappa shape index (κ1) is 14.8. The van der Waals surface area contributed by atoms with E-state index in [1.807, 2.05) is 53.8 Å². The molecule has 0 unspecified atom stereocenters. The highest BCUT2D eigenvalue weighted by Crippen LogP contribution is 2.23. The van der Waals surface area contributed by atoms with Gasteiger partial charge in [0.1, 0.15) is 0 Å². The van der Waals surface area contributed by atoms with Crippen molar-refractivity contribution in [3.63, 3.8) is 0 Å². The number of carbonyl (C=O) groups excluding carboxylic acids is 1. The third kappa shape index (κ3) is 2.90. The van der Waals surface area contributed by atoms with Crippen LogP contribution < -0.4 is 5.73 Å². The van der Waals surface area contributed by atoms with Crippen LogP contribution in [-0.4, -0.2) is 39.7 Å². The molecule has 1 aromatic carbocycles. The summed E-state index contributed by atoms with van der Waals surface area (Å²) in [5.41, 5.74) is 9.32. The van der Waals surface area contributed by atoms with Crippen molar-refractivity contribution < 1.29 is 4.79 Å². The summed E-state index contributed by atoms with van der Waals surface area (Å²) in [5, 5.41) is 4.49. The molecule has 0 saturated carbocycles. The van der Waals surface area contributed by atoms with Crippen molar-refractivity contribution in [3.05, 3.63) is 53.3 Å². The fraction of sp³-hybridized carbons (Fsp3) is 0.412. The molecule has 1 amide bonds. The molecule has 3 rings (SSSR count). The Bertz CT molecular complexity index is 659. The number of benzene rings is 1. The van der Waals surface area contributed by atoms with Gasteiger partial charge in [0.15, 0.2) is 0 Å². The Labute approximate surface area is 130 Å². The second-order valence-corrected chi connectivity index (χ2v) is 6.06. The molecule has 2 aromatic rings. The minimum atomic E-state index is -0.469. The fourth-order valence-electron chi connectivity index (χ4n) is 3.00. The molecule has 1 atom stereocenters. The van der Waals surface area contributed by atoms with Crippen molar-refractivity contribution in [1.29, 1.82) is 0 Å². The fourth-order valence-corrected chi connectivity index (χ4v) is 3.00. The Kier molecular flexibility index (Phi) is 3.98. The van der Waals surface area contributed by atoms with E-state index in [0.717, 1.165) is 17.0 Å². The van der Waals surface area contributed by atoms with Crippen molar-refractivity contribution in [3.8, 4) is 0 Å². The first-order chi connectivity index (χ1) is 10.5. The second kappa shape index (κ2) is 5.93. The van der Waals surface area contributed by atoms with Crippen LogP contribution in [0, 0.1) is 13.8 Å². The molecule has 2 N–H and O–H groups in total. The molecule has 1 fully saturated rings. The lowest BCUT2D eigenvalue weighted by Gasteiger charge is -2.41. The van der Waals surface area contributed by atoms with Crippen molar-refractivity contribution in [2.24, 2.45) is 5.73 Å². The lowest BCUT2D eigenvalue weighted by Crippen LogP contribution is -2.56. The van der Waals surface area contributed by atoms with Gasteiger partial charge in [0.2, 0.25) is 5.91 Å². The second-order valence-electron chi connectivity index (χ2n) is 6.06. The summed E-state index contributed by atoms with van der Waals surface area (Å²) in [7, 11) is 0. The van der Waals surface area contributed by atoms with E-state index in [0.29, 0.717) is 19.5 Å². The zero-order valence-electron chi connectivity index (χ0n) is 13.1. The smallest absolute Gasteiger partial charge is 0.239 e. The Hall–Kier alpha value is -2.14. The number of hydrogen-bond acceptors (Lipinski definition) is 3. The van der Waals surface area contributed by atoms with Crippen LogP contribution in [0.3, 0.4) is 0 Å². The number of aryl methyl sites for hydroxylation is 2. The van der Waals surface area contributed by atoms with Gasteiger partial charge in [-0.2, -0.15) is 5.10 Å². The molecule has 0 spiro atoms. The summed E-state index contributed by atoms with van der Waals surface area (Å²) in [6.07, 6.45) is 0.584. The van der Waals surface area contributed by atoms with Crippen LogP contribution in [0.1, 0.15) is 23.0 Å². The maximum atomic E-state index is 12.4. The predicted octanol–water partition coefficient (Wildman–Crippen LogP) is 1.45. The molecule has 1 aromatic heterocycles. The predicted molar refractivity (Wildman–Crippen MR) is 85.4 cm³/mol. The molecule has 0 radical (unpaired) electrons. The Morgan fingerprint density at radius 3 is 2.59 bits per heavy atom. The number of nitrogens with zero attached hydrogens (tertiary/aromatic N) is 3. The molecule has 0 aliphatic carbocycles. The van der Waals surface area contributed by atoms with Gasteiger partial charge in [-0.25, -0.2) is 0 Å². The normalized spacial score (nSPS) is 16.4. The summed E-state index contributed by atoms with van der Waals surface area (Å²) < 4.78 is 2.02. The minimum Gasteiger partial charge on any atom is -0.337 e. The molecule has 0 bridgehead atoms. The first-order valence-electron chi connectivity index (χ1n) is 7.65.